The van der Waals surface area contributed by atoms with E-state index in [4.69, 9.17) is 5.73 Å². The molecule has 1 aromatic heterocycles. The van der Waals surface area contributed by atoms with Crippen molar-refractivity contribution in [2.24, 2.45) is 5.92 Å². The van der Waals surface area contributed by atoms with Crippen molar-refractivity contribution in [1.29, 1.82) is 0 Å². The predicted molar refractivity (Wildman–Crippen MR) is 78.6 cm³/mol. The highest BCUT2D eigenvalue weighted by Gasteiger charge is 2.13. The summed E-state index contributed by atoms with van der Waals surface area (Å²) in [6, 6.07) is 2.71. The van der Waals surface area contributed by atoms with E-state index in [9.17, 15) is 0 Å². The molecule has 0 spiro atoms. The molecule has 102 valence electrons. The molecule has 3 N–H and O–H groups in total. The first-order valence-electron chi connectivity index (χ1n) is 6.99. The smallest absolute Gasteiger partial charge is 0.126 e. The van der Waals surface area contributed by atoms with E-state index in [1.54, 1.807) is 0 Å². The Balaban J connectivity index is 2.58. The lowest BCUT2D eigenvalue weighted by molar-refractivity contribution is 0.378. The number of nitrogens with one attached hydrogen (secondary N) is 1. The van der Waals surface area contributed by atoms with Gasteiger partial charge in [0.1, 0.15) is 5.82 Å². The fourth-order valence-corrected chi connectivity index (χ4v) is 2.15. The van der Waals surface area contributed by atoms with Crippen molar-refractivity contribution < 1.29 is 0 Å². The summed E-state index contributed by atoms with van der Waals surface area (Å²) in [5, 5.41) is 3.61. The Morgan fingerprint density at radius 3 is 2.72 bits per heavy atom. The summed E-state index contributed by atoms with van der Waals surface area (Å²) >= 11 is 0. The van der Waals surface area contributed by atoms with Crippen molar-refractivity contribution in [1.82, 2.24) is 10.3 Å². The standard InChI is InChI=1S/C15H27N3/c1-5-8-17-14(11(2)3)7-6-13-9-12(4)10-18-15(13)16/h9-11,14,17H,5-8H2,1-4H3,(H2,16,18). The minimum atomic E-state index is 0.560. The molecule has 18 heavy (non-hydrogen) atoms. The molecule has 3 heteroatoms. The number of nitrogens with two attached hydrogens (primary N) is 1. The molecule has 0 aliphatic carbocycles. The summed E-state index contributed by atoms with van der Waals surface area (Å²) in [6.45, 7) is 9.89. The maximum absolute atomic E-state index is 5.92. The quantitative estimate of drug-likeness (QED) is 0.781. The van der Waals surface area contributed by atoms with Gasteiger partial charge in [-0.15, -0.1) is 0 Å². The van der Waals surface area contributed by atoms with E-state index >= 15 is 0 Å². The number of nitrogens with zero attached hydrogens (tertiary/aromatic N) is 1. The van der Waals surface area contributed by atoms with Crippen molar-refractivity contribution in [2.45, 2.75) is 53.0 Å². The third-order valence-corrected chi connectivity index (χ3v) is 3.32. The van der Waals surface area contributed by atoms with Gasteiger partial charge < -0.3 is 11.1 Å². The van der Waals surface area contributed by atoms with Gasteiger partial charge in [0.25, 0.3) is 0 Å². The fraction of sp³-hybridized carbons (Fsp3) is 0.667. The molecule has 1 atom stereocenters. The summed E-state index contributed by atoms with van der Waals surface area (Å²) in [4.78, 5) is 4.22. The van der Waals surface area contributed by atoms with Crippen LogP contribution in [-0.4, -0.2) is 17.6 Å². The zero-order chi connectivity index (χ0) is 13.5. The Bertz CT molecular complexity index is 361. The largest absolute Gasteiger partial charge is 0.383 e. The number of pyridine rings is 1. The second kappa shape index (κ2) is 7.37. The highest BCUT2D eigenvalue weighted by atomic mass is 14.9. The SMILES string of the molecule is CCCNC(CCc1cc(C)cnc1N)C(C)C. The summed E-state index contributed by atoms with van der Waals surface area (Å²) in [6.07, 6.45) is 5.12. The zero-order valence-electron chi connectivity index (χ0n) is 12.2. The molecular weight excluding hydrogens is 222 g/mol. The number of aryl methyl sites for hydroxylation is 2. The lowest BCUT2D eigenvalue weighted by atomic mass is 9.96. The maximum Gasteiger partial charge on any atom is 0.126 e. The molecule has 0 aliphatic heterocycles. The Morgan fingerprint density at radius 1 is 1.39 bits per heavy atom. The average molecular weight is 249 g/mol. The fourth-order valence-electron chi connectivity index (χ4n) is 2.15. The van der Waals surface area contributed by atoms with Crippen LogP contribution < -0.4 is 11.1 Å². The van der Waals surface area contributed by atoms with Crippen LogP contribution in [0.4, 0.5) is 5.82 Å². The van der Waals surface area contributed by atoms with Crippen molar-refractivity contribution in [3.63, 3.8) is 0 Å². The number of rotatable bonds is 7. The van der Waals surface area contributed by atoms with Gasteiger partial charge in [-0.25, -0.2) is 4.98 Å². The van der Waals surface area contributed by atoms with Crippen LogP contribution in [-0.2, 0) is 6.42 Å². The van der Waals surface area contributed by atoms with E-state index in [-0.39, 0.29) is 0 Å². The third kappa shape index (κ3) is 4.65. The van der Waals surface area contributed by atoms with Crippen LogP contribution in [0.25, 0.3) is 0 Å². The van der Waals surface area contributed by atoms with Gasteiger partial charge in [0.05, 0.1) is 0 Å². The van der Waals surface area contributed by atoms with Gasteiger partial charge in [0.15, 0.2) is 0 Å². The molecule has 0 bridgehead atoms. The van der Waals surface area contributed by atoms with Crippen LogP contribution in [0.2, 0.25) is 0 Å². The van der Waals surface area contributed by atoms with Crippen molar-refractivity contribution >= 4 is 5.82 Å². The number of aromatic nitrogens is 1. The predicted octanol–water partition coefficient (Wildman–Crippen LogP) is 2.93. The summed E-state index contributed by atoms with van der Waals surface area (Å²) < 4.78 is 0. The average Bonchev–Trinajstić information content (AvgIpc) is 2.33. The highest BCUT2D eigenvalue weighted by molar-refractivity contribution is 5.40. The Kier molecular flexibility index (Phi) is 6.13. The van der Waals surface area contributed by atoms with Crippen molar-refractivity contribution in [2.75, 3.05) is 12.3 Å². The second-order valence-electron chi connectivity index (χ2n) is 5.40. The lowest BCUT2D eigenvalue weighted by Gasteiger charge is -2.22. The molecule has 0 saturated carbocycles. The molecule has 0 saturated heterocycles. The van der Waals surface area contributed by atoms with E-state index in [2.05, 4.69) is 44.1 Å². The first kappa shape index (κ1) is 15.0. The van der Waals surface area contributed by atoms with Crippen LogP contribution >= 0.6 is 0 Å². The second-order valence-corrected chi connectivity index (χ2v) is 5.40. The number of nitrogen functional groups attached to an aromatic ring is 1. The van der Waals surface area contributed by atoms with Crippen LogP contribution in [0.5, 0.6) is 0 Å². The monoisotopic (exact) mass is 249 g/mol. The number of hydrogen-bond donors (Lipinski definition) is 2. The Morgan fingerprint density at radius 2 is 2.11 bits per heavy atom. The zero-order valence-corrected chi connectivity index (χ0v) is 12.2. The normalized spacial score (nSPS) is 12.9. The van der Waals surface area contributed by atoms with Crippen molar-refractivity contribution in [3.8, 4) is 0 Å². The van der Waals surface area contributed by atoms with E-state index in [1.165, 1.54) is 17.5 Å². The van der Waals surface area contributed by atoms with Crippen LogP contribution in [0.15, 0.2) is 12.3 Å². The van der Waals surface area contributed by atoms with Crippen LogP contribution in [0.1, 0.15) is 44.7 Å². The molecule has 1 rings (SSSR count). The van der Waals surface area contributed by atoms with E-state index in [0.717, 1.165) is 19.4 Å². The van der Waals surface area contributed by atoms with Gasteiger partial charge in [-0.3, -0.25) is 0 Å². The molecule has 0 aliphatic rings. The number of anilines is 1. The van der Waals surface area contributed by atoms with Gasteiger partial charge in [-0.05, 0) is 49.8 Å². The van der Waals surface area contributed by atoms with Gasteiger partial charge >= 0.3 is 0 Å². The van der Waals surface area contributed by atoms with E-state index in [1.807, 2.05) is 6.20 Å². The summed E-state index contributed by atoms with van der Waals surface area (Å²) in [7, 11) is 0. The molecular formula is C15H27N3. The molecule has 1 unspecified atom stereocenters. The molecule has 1 aromatic rings. The summed E-state index contributed by atoms with van der Waals surface area (Å²) in [5.74, 6) is 1.33. The van der Waals surface area contributed by atoms with Gasteiger partial charge in [-0.2, -0.15) is 0 Å². The first-order valence-corrected chi connectivity index (χ1v) is 6.99. The third-order valence-electron chi connectivity index (χ3n) is 3.32. The molecule has 0 aromatic carbocycles. The molecule has 1 heterocycles. The Labute approximate surface area is 111 Å². The minimum absolute atomic E-state index is 0.560. The van der Waals surface area contributed by atoms with Crippen LogP contribution in [0.3, 0.4) is 0 Å². The highest BCUT2D eigenvalue weighted by Crippen LogP contribution is 2.16. The maximum atomic E-state index is 5.92. The molecule has 0 amide bonds. The minimum Gasteiger partial charge on any atom is -0.383 e. The van der Waals surface area contributed by atoms with Crippen molar-refractivity contribution in [3.05, 3.63) is 23.4 Å². The topological polar surface area (TPSA) is 50.9 Å². The molecule has 0 fully saturated rings. The molecule has 3 nitrogen and oxygen atoms in total. The van der Waals surface area contributed by atoms with E-state index < -0.39 is 0 Å². The summed E-state index contributed by atoms with van der Waals surface area (Å²) in [5.41, 5.74) is 8.28. The van der Waals surface area contributed by atoms with Gasteiger partial charge in [-0.1, -0.05) is 26.8 Å². The van der Waals surface area contributed by atoms with Crippen LogP contribution in [0, 0.1) is 12.8 Å². The lowest BCUT2D eigenvalue weighted by Crippen LogP contribution is -2.34. The Hall–Kier alpha value is -1.09. The van der Waals surface area contributed by atoms with E-state index in [0.29, 0.717) is 17.8 Å². The number of hydrogen-bond acceptors (Lipinski definition) is 3. The van der Waals surface area contributed by atoms with Gasteiger partial charge in [0.2, 0.25) is 0 Å². The molecule has 0 radical (unpaired) electrons. The first-order chi connectivity index (χ1) is 8.54. The van der Waals surface area contributed by atoms with Gasteiger partial charge in [0, 0.05) is 12.2 Å².